The van der Waals surface area contributed by atoms with E-state index in [0.717, 1.165) is 28.5 Å². The SMILES string of the molecule is CCCCCCCCCC/C=C(\c1ccccc1)c1ccc2cccnc2c1O. The van der Waals surface area contributed by atoms with Crippen LogP contribution >= 0.6 is 0 Å². The fraction of sp³-hybridized carbons (Fsp3) is 0.370. The van der Waals surface area contributed by atoms with E-state index >= 15 is 0 Å². The van der Waals surface area contributed by atoms with Crippen molar-refractivity contribution in [3.63, 3.8) is 0 Å². The highest BCUT2D eigenvalue weighted by atomic mass is 16.3. The van der Waals surface area contributed by atoms with Gasteiger partial charge in [0.15, 0.2) is 0 Å². The third kappa shape index (κ3) is 5.93. The molecule has 0 atom stereocenters. The Hall–Kier alpha value is -2.61. The zero-order chi connectivity index (χ0) is 20.3. The number of benzene rings is 2. The summed E-state index contributed by atoms with van der Waals surface area (Å²) in [7, 11) is 0. The molecule has 29 heavy (non-hydrogen) atoms. The molecule has 2 heteroatoms. The maximum atomic E-state index is 10.9. The van der Waals surface area contributed by atoms with Crippen LogP contribution in [0.1, 0.15) is 75.8 Å². The fourth-order valence-corrected chi connectivity index (χ4v) is 3.87. The number of unbranched alkanes of at least 4 members (excludes halogenated alkanes) is 8. The van der Waals surface area contributed by atoms with Crippen molar-refractivity contribution >= 4 is 16.5 Å². The van der Waals surface area contributed by atoms with Gasteiger partial charge in [-0.15, -0.1) is 0 Å². The zero-order valence-corrected chi connectivity index (χ0v) is 17.6. The number of hydrogen-bond donors (Lipinski definition) is 1. The van der Waals surface area contributed by atoms with Crippen molar-refractivity contribution in [1.29, 1.82) is 0 Å². The molecule has 0 aliphatic heterocycles. The number of fused-ring (bicyclic) bond motifs is 1. The summed E-state index contributed by atoms with van der Waals surface area (Å²) < 4.78 is 0. The van der Waals surface area contributed by atoms with Crippen molar-refractivity contribution in [3.05, 3.63) is 78.0 Å². The third-order valence-corrected chi connectivity index (χ3v) is 5.53. The molecule has 152 valence electrons. The van der Waals surface area contributed by atoms with Crippen LogP contribution in [0.5, 0.6) is 5.75 Å². The second kappa shape index (κ2) is 11.4. The van der Waals surface area contributed by atoms with E-state index in [1.54, 1.807) is 6.20 Å². The number of pyridine rings is 1. The van der Waals surface area contributed by atoms with Gasteiger partial charge in [0.25, 0.3) is 0 Å². The van der Waals surface area contributed by atoms with E-state index in [4.69, 9.17) is 0 Å². The first-order valence-corrected chi connectivity index (χ1v) is 11.1. The van der Waals surface area contributed by atoms with Gasteiger partial charge in [-0.3, -0.25) is 4.98 Å². The van der Waals surface area contributed by atoms with Crippen LogP contribution in [0.15, 0.2) is 66.9 Å². The lowest BCUT2D eigenvalue weighted by molar-refractivity contribution is 0.478. The molecule has 0 saturated heterocycles. The lowest BCUT2D eigenvalue weighted by Crippen LogP contribution is -1.91. The molecular formula is C27H33NO. The van der Waals surface area contributed by atoms with Crippen LogP contribution < -0.4 is 0 Å². The number of phenolic OH excluding ortho intramolecular Hbond substituents is 1. The van der Waals surface area contributed by atoms with E-state index in [0.29, 0.717) is 5.52 Å². The minimum Gasteiger partial charge on any atom is -0.505 e. The predicted molar refractivity (Wildman–Crippen MR) is 124 cm³/mol. The molecule has 1 N–H and O–H groups in total. The molecule has 1 aromatic heterocycles. The van der Waals surface area contributed by atoms with Crippen molar-refractivity contribution in [2.45, 2.75) is 64.7 Å². The number of phenols is 1. The number of aromatic hydroxyl groups is 1. The van der Waals surface area contributed by atoms with Crippen LogP contribution in [0.25, 0.3) is 16.5 Å². The van der Waals surface area contributed by atoms with Crippen molar-refractivity contribution in [1.82, 2.24) is 4.98 Å². The molecule has 0 spiro atoms. The fourth-order valence-electron chi connectivity index (χ4n) is 3.87. The number of aromatic nitrogens is 1. The number of hydrogen-bond acceptors (Lipinski definition) is 2. The molecule has 3 aromatic rings. The average Bonchev–Trinajstić information content (AvgIpc) is 2.77. The van der Waals surface area contributed by atoms with Gasteiger partial charge in [0, 0.05) is 17.1 Å². The van der Waals surface area contributed by atoms with E-state index in [9.17, 15) is 5.11 Å². The van der Waals surface area contributed by atoms with E-state index in [-0.39, 0.29) is 5.75 Å². The molecule has 0 saturated carbocycles. The highest BCUT2D eigenvalue weighted by Crippen LogP contribution is 2.35. The topological polar surface area (TPSA) is 33.1 Å². The molecule has 0 radical (unpaired) electrons. The number of rotatable bonds is 11. The number of nitrogens with zero attached hydrogens (tertiary/aromatic N) is 1. The van der Waals surface area contributed by atoms with E-state index in [1.165, 1.54) is 51.4 Å². The minimum atomic E-state index is 0.272. The van der Waals surface area contributed by atoms with Crippen LogP contribution in [0.4, 0.5) is 0 Å². The minimum absolute atomic E-state index is 0.272. The van der Waals surface area contributed by atoms with Crippen molar-refractivity contribution < 1.29 is 5.11 Å². The second-order valence-electron chi connectivity index (χ2n) is 7.78. The number of allylic oxidation sites excluding steroid dienone is 1. The molecular weight excluding hydrogens is 354 g/mol. The summed E-state index contributed by atoms with van der Waals surface area (Å²) in [5.41, 5.74) is 3.76. The second-order valence-corrected chi connectivity index (χ2v) is 7.78. The molecule has 0 aliphatic carbocycles. The summed E-state index contributed by atoms with van der Waals surface area (Å²) in [6.45, 7) is 2.26. The summed E-state index contributed by atoms with van der Waals surface area (Å²) in [5, 5.41) is 11.9. The van der Waals surface area contributed by atoms with E-state index < -0.39 is 0 Å². The van der Waals surface area contributed by atoms with Crippen molar-refractivity contribution in [3.8, 4) is 5.75 Å². The Labute approximate surface area is 175 Å². The quantitative estimate of drug-likeness (QED) is 0.339. The Bertz CT molecular complexity index is 914. The van der Waals surface area contributed by atoms with Crippen molar-refractivity contribution in [2.75, 3.05) is 0 Å². The van der Waals surface area contributed by atoms with Gasteiger partial charge in [-0.25, -0.2) is 0 Å². The Morgan fingerprint density at radius 1 is 0.828 bits per heavy atom. The molecule has 0 aliphatic rings. The van der Waals surface area contributed by atoms with Gasteiger partial charge in [0.2, 0.25) is 0 Å². The molecule has 0 fully saturated rings. The first kappa shape index (κ1) is 21.1. The maximum absolute atomic E-state index is 10.9. The Morgan fingerprint density at radius 2 is 1.55 bits per heavy atom. The van der Waals surface area contributed by atoms with E-state index in [1.807, 2.05) is 30.3 Å². The third-order valence-electron chi connectivity index (χ3n) is 5.53. The highest BCUT2D eigenvalue weighted by Gasteiger charge is 2.13. The monoisotopic (exact) mass is 387 g/mol. The first-order valence-electron chi connectivity index (χ1n) is 11.1. The van der Waals surface area contributed by atoms with Crippen LogP contribution in [-0.4, -0.2) is 10.1 Å². The van der Waals surface area contributed by atoms with Gasteiger partial charge in [0.05, 0.1) is 0 Å². The van der Waals surface area contributed by atoms with Crippen molar-refractivity contribution in [2.24, 2.45) is 0 Å². The highest BCUT2D eigenvalue weighted by molar-refractivity contribution is 5.93. The average molecular weight is 388 g/mol. The zero-order valence-electron chi connectivity index (χ0n) is 17.6. The Kier molecular flexibility index (Phi) is 8.30. The Balaban J connectivity index is 1.71. The van der Waals surface area contributed by atoms with Gasteiger partial charge in [0.1, 0.15) is 11.3 Å². The van der Waals surface area contributed by atoms with Gasteiger partial charge in [-0.05, 0) is 36.1 Å². The van der Waals surface area contributed by atoms with Crippen LogP contribution in [0.3, 0.4) is 0 Å². The van der Waals surface area contributed by atoms with Crippen LogP contribution in [0.2, 0.25) is 0 Å². The van der Waals surface area contributed by atoms with Gasteiger partial charge < -0.3 is 5.11 Å². The first-order chi connectivity index (χ1) is 14.3. The summed E-state index contributed by atoms with van der Waals surface area (Å²) >= 11 is 0. The van der Waals surface area contributed by atoms with Gasteiger partial charge in [-0.2, -0.15) is 0 Å². The molecule has 1 heterocycles. The normalized spacial score (nSPS) is 11.8. The lowest BCUT2D eigenvalue weighted by Gasteiger charge is -2.12. The molecule has 0 unspecified atom stereocenters. The van der Waals surface area contributed by atoms with Crippen LogP contribution in [-0.2, 0) is 0 Å². The maximum Gasteiger partial charge on any atom is 0.149 e. The van der Waals surface area contributed by atoms with E-state index in [2.05, 4.69) is 42.2 Å². The smallest absolute Gasteiger partial charge is 0.149 e. The molecule has 2 nitrogen and oxygen atoms in total. The summed E-state index contributed by atoms with van der Waals surface area (Å²) in [6, 6.07) is 18.3. The summed E-state index contributed by atoms with van der Waals surface area (Å²) in [6.07, 6.45) is 15.6. The summed E-state index contributed by atoms with van der Waals surface area (Å²) in [5.74, 6) is 0.272. The molecule has 3 rings (SSSR count). The molecule has 0 bridgehead atoms. The van der Waals surface area contributed by atoms with Gasteiger partial charge in [-0.1, -0.05) is 100 Å². The summed E-state index contributed by atoms with van der Waals surface area (Å²) in [4.78, 5) is 4.39. The van der Waals surface area contributed by atoms with Crippen LogP contribution in [0, 0.1) is 0 Å². The largest absolute Gasteiger partial charge is 0.505 e. The van der Waals surface area contributed by atoms with Gasteiger partial charge >= 0.3 is 0 Å². The molecule has 2 aromatic carbocycles. The Morgan fingerprint density at radius 3 is 2.31 bits per heavy atom. The lowest BCUT2D eigenvalue weighted by atomic mass is 9.94. The predicted octanol–water partition coefficient (Wildman–Crippen LogP) is 7.90. The standard InChI is InChI=1S/C27H33NO/c1-2-3-4-5-6-7-8-9-13-18-24(22-15-11-10-12-16-22)25-20-19-23-17-14-21-28-26(23)27(25)29/h10-12,14-21,29H,2-9,13H2,1H3/b24-18+. The molecule has 0 amide bonds.